The second-order valence-electron chi connectivity index (χ2n) is 8.46. The highest BCUT2D eigenvalue weighted by Gasteiger charge is 2.41. The van der Waals surface area contributed by atoms with Gasteiger partial charge in [-0.15, -0.1) is 0 Å². The molecule has 1 aliphatic heterocycles. The average Bonchev–Trinajstić information content (AvgIpc) is 2.85. The van der Waals surface area contributed by atoms with Gasteiger partial charge in [0, 0.05) is 17.7 Å². The second-order valence-corrected chi connectivity index (χ2v) is 8.46. The molecule has 2 nitrogen and oxygen atoms in total. The number of benzene rings is 3. The number of ether oxygens (including phenoxy) is 2. The van der Waals surface area contributed by atoms with Gasteiger partial charge in [0.1, 0.15) is 28.8 Å². The van der Waals surface area contributed by atoms with Crippen LogP contribution in [0.4, 0.5) is 35.1 Å². The molecule has 1 fully saturated rings. The molecule has 0 aliphatic carbocycles. The van der Waals surface area contributed by atoms with Crippen LogP contribution in [0.2, 0.25) is 0 Å². The van der Waals surface area contributed by atoms with Gasteiger partial charge in [0.2, 0.25) is 0 Å². The van der Waals surface area contributed by atoms with Crippen molar-refractivity contribution in [2.75, 3.05) is 6.61 Å². The minimum Gasteiger partial charge on any atom is -0.429 e. The first kappa shape index (κ1) is 24.5. The molecule has 0 aromatic heterocycles. The largest absolute Gasteiger partial charge is 0.432 e. The molecular weight excluding hydrogens is 496 g/mol. The fourth-order valence-corrected chi connectivity index (χ4v) is 4.09. The summed E-state index contributed by atoms with van der Waals surface area (Å²) in [6, 6.07) is 3.19. The summed E-state index contributed by atoms with van der Waals surface area (Å²) in [7, 11) is 0. The van der Waals surface area contributed by atoms with E-state index < -0.39 is 63.9 Å². The third-order valence-corrected chi connectivity index (χ3v) is 6.09. The van der Waals surface area contributed by atoms with Gasteiger partial charge < -0.3 is 9.47 Å². The molecule has 1 aliphatic rings. The van der Waals surface area contributed by atoms with Crippen molar-refractivity contribution in [2.45, 2.75) is 38.4 Å². The fraction of sp³-hybridized carbons (Fsp3) is 0.308. The molecule has 192 valence electrons. The Labute approximate surface area is 202 Å². The normalized spacial score (nSPS) is 18.8. The molecule has 10 heteroatoms. The molecule has 3 aromatic rings. The van der Waals surface area contributed by atoms with Crippen LogP contribution in [0.5, 0.6) is 5.75 Å². The molecule has 0 bridgehead atoms. The molecule has 0 N–H and O–H groups in total. The summed E-state index contributed by atoms with van der Waals surface area (Å²) >= 11 is 0. The van der Waals surface area contributed by atoms with Crippen LogP contribution >= 0.6 is 0 Å². The molecule has 1 saturated heterocycles. The van der Waals surface area contributed by atoms with Crippen LogP contribution in [-0.4, -0.2) is 6.61 Å². The minimum atomic E-state index is -4.86. The Hall–Kier alpha value is -3.14. The van der Waals surface area contributed by atoms with Gasteiger partial charge in [0.15, 0.2) is 17.5 Å². The molecule has 3 aromatic carbocycles. The summed E-state index contributed by atoms with van der Waals surface area (Å²) in [5.41, 5.74) is -2.08. The lowest BCUT2D eigenvalue weighted by Gasteiger charge is -2.28. The van der Waals surface area contributed by atoms with Crippen LogP contribution in [0.3, 0.4) is 0 Å². The summed E-state index contributed by atoms with van der Waals surface area (Å²) in [5, 5.41) is 0. The highest BCUT2D eigenvalue weighted by Crippen LogP contribution is 2.39. The molecule has 0 radical (unpaired) electrons. The van der Waals surface area contributed by atoms with Crippen molar-refractivity contribution >= 4 is 0 Å². The van der Waals surface area contributed by atoms with Crippen molar-refractivity contribution in [1.29, 1.82) is 0 Å². The van der Waals surface area contributed by atoms with Gasteiger partial charge >= 0.3 is 6.11 Å². The van der Waals surface area contributed by atoms with E-state index in [-0.39, 0.29) is 17.7 Å². The Morgan fingerprint density at radius 1 is 0.917 bits per heavy atom. The maximum absolute atomic E-state index is 14.9. The lowest BCUT2D eigenvalue weighted by molar-refractivity contribution is -0.189. The number of rotatable bonds is 6. The number of halogens is 8. The second kappa shape index (κ2) is 10.1. The number of alkyl halides is 2. The molecule has 36 heavy (non-hydrogen) atoms. The van der Waals surface area contributed by atoms with Crippen LogP contribution in [0.15, 0.2) is 42.4 Å². The first-order valence-corrected chi connectivity index (χ1v) is 11.0. The van der Waals surface area contributed by atoms with Gasteiger partial charge in [0.05, 0.1) is 14.1 Å². The summed E-state index contributed by atoms with van der Waals surface area (Å²) in [6.07, 6.45) is -2.68. The Morgan fingerprint density at radius 3 is 2.19 bits per heavy atom. The van der Waals surface area contributed by atoms with Crippen LogP contribution in [-0.2, 0) is 10.8 Å². The Balaban J connectivity index is 1.62. The predicted molar refractivity (Wildman–Crippen MR) is 114 cm³/mol. The van der Waals surface area contributed by atoms with E-state index in [2.05, 4.69) is 4.74 Å². The maximum atomic E-state index is 14.9. The van der Waals surface area contributed by atoms with Crippen molar-refractivity contribution in [3.05, 3.63) is 88.5 Å². The fourth-order valence-electron chi connectivity index (χ4n) is 4.09. The van der Waals surface area contributed by atoms with Crippen LogP contribution in [0.1, 0.15) is 44.8 Å². The van der Waals surface area contributed by atoms with Crippen molar-refractivity contribution < 1.29 is 46.0 Å². The average molecular weight is 517 g/mol. The molecule has 0 spiro atoms. The number of hydrogen-bond donors (Lipinski definition) is 0. The minimum absolute atomic E-state index is 0.0474. The Bertz CT molecular complexity index is 1300. The monoisotopic (exact) mass is 517 g/mol. The molecule has 2 unspecified atom stereocenters. The van der Waals surface area contributed by atoms with E-state index in [1.165, 1.54) is 12.1 Å². The predicted octanol–water partition coefficient (Wildman–Crippen LogP) is 8.19. The molecular formula is C26H20F8O2. The van der Waals surface area contributed by atoms with Crippen molar-refractivity contribution in [2.24, 2.45) is 5.92 Å². The number of hydrogen-bond acceptors (Lipinski definition) is 2. The summed E-state index contributed by atoms with van der Waals surface area (Å²) < 4.78 is 131. The third kappa shape index (κ3) is 5.18. The maximum Gasteiger partial charge on any atom is 0.432 e. The highest BCUT2D eigenvalue weighted by molar-refractivity contribution is 5.65. The zero-order valence-electron chi connectivity index (χ0n) is 19.8. The lowest BCUT2D eigenvalue weighted by Crippen LogP contribution is -2.25. The van der Waals surface area contributed by atoms with Crippen molar-refractivity contribution in [3.8, 4) is 16.9 Å². The van der Waals surface area contributed by atoms with Crippen LogP contribution < -0.4 is 4.74 Å². The quantitative estimate of drug-likeness (QED) is 0.242. The van der Waals surface area contributed by atoms with E-state index in [1.807, 2.05) is 6.92 Å². The zero-order valence-corrected chi connectivity index (χ0v) is 18.8. The Morgan fingerprint density at radius 2 is 1.61 bits per heavy atom. The summed E-state index contributed by atoms with van der Waals surface area (Å²) in [4.78, 5) is 0. The van der Waals surface area contributed by atoms with Gasteiger partial charge in [-0.1, -0.05) is 25.5 Å². The Kier molecular flexibility index (Phi) is 6.87. The zero-order chi connectivity index (χ0) is 27.1. The van der Waals surface area contributed by atoms with E-state index >= 15 is 0 Å². The van der Waals surface area contributed by atoms with Gasteiger partial charge in [-0.25, -0.2) is 26.3 Å². The third-order valence-electron chi connectivity index (χ3n) is 6.09. The molecule has 4 rings (SSSR count). The smallest absolute Gasteiger partial charge is 0.429 e. The summed E-state index contributed by atoms with van der Waals surface area (Å²) in [6.45, 7) is 2.57. The van der Waals surface area contributed by atoms with Crippen molar-refractivity contribution in [3.63, 3.8) is 0 Å². The lowest BCUT2D eigenvalue weighted by atomic mass is 9.92. The van der Waals surface area contributed by atoms with Crippen LogP contribution in [0.25, 0.3) is 11.1 Å². The molecule has 1 heterocycles. The topological polar surface area (TPSA) is 18.5 Å². The first-order valence-electron chi connectivity index (χ1n) is 11.5. The summed E-state index contributed by atoms with van der Waals surface area (Å²) in [5.74, 6) is -11.8. The van der Waals surface area contributed by atoms with Gasteiger partial charge in [0.25, 0.3) is 0 Å². The highest BCUT2D eigenvalue weighted by atomic mass is 19.3. The van der Waals surface area contributed by atoms with E-state index in [4.69, 9.17) is 6.11 Å². The SMILES string of the molecule is [2H]c1c(OC(F)(F)c2c(F)cc(-c3ccc(C4CCC(CC)CO4)cc3F)cc2F)cc(F)c(F)c1F. The van der Waals surface area contributed by atoms with Gasteiger partial charge in [-0.3, -0.25) is 0 Å². The van der Waals surface area contributed by atoms with Crippen LogP contribution in [0, 0.1) is 40.8 Å². The molecule has 0 saturated carbocycles. The van der Waals surface area contributed by atoms with E-state index in [1.54, 1.807) is 0 Å². The first-order chi connectivity index (χ1) is 17.4. The van der Waals surface area contributed by atoms with E-state index in [9.17, 15) is 35.1 Å². The van der Waals surface area contributed by atoms with E-state index in [0.717, 1.165) is 18.9 Å². The van der Waals surface area contributed by atoms with Crippen molar-refractivity contribution in [1.82, 2.24) is 0 Å². The molecule has 2 atom stereocenters. The van der Waals surface area contributed by atoms with E-state index in [0.29, 0.717) is 36.6 Å². The van der Waals surface area contributed by atoms with Gasteiger partial charge in [-0.2, -0.15) is 8.78 Å². The standard InChI is InChI=1S/C26H20F8O2/c1-2-13-3-6-23(35-12-13)14-4-5-17(18(27)7-14)15-8-19(28)24(20(29)9-15)26(33,34)36-16-10-21(30)25(32)22(31)11-16/h4-5,7-11,13,23H,2-3,6,12H2,1H3/i10D. The van der Waals surface area contributed by atoms with Gasteiger partial charge in [-0.05, 0) is 48.1 Å². The molecule has 0 amide bonds.